The predicted octanol–water partition coefficient (Wildman–Crippen LogP) is 2.45. The van der Waals surface area contributed by atoms with Gasteiger partial charge in [0.2, 0.25) is 0 Å². The van der Waals surface area contributed by atoms with Gasteiger partial charge in [-0.15, -0.1) is 0 Å². The van der Waals surface area contributed by atoms with E-state index in [1.165, 1.54) is 19.2 Å². The highest BCUT2D eigenvalue weighted by Gasteiger charge is 2.29. The molecule has 0 spiro atoms. The van der Waals surface area contributed by atoms with Crippen molar-refractivity contribution in [2.75, 3.05) is 0 Å². The molecule has 2 heterocycles. The summed E-state index contributed by atoms with van der Waals surface area (Å²) in [4.78, 5) is 21.8. The van der Waals surface area contributed by atoms with E-state index in [2.05, 4.69) is 27.0 Å². The van der Waals surface area contributed by atoms with Crippen LogP contribution in [0.3, 0.4) is 0 Å². The molecule has 3 rings (SSSR count). The molecule has 0 radical (unpaired) electrons. The summed E-state index contributed by atoms with van der Waals surface area (Å²) in [6, 6.07) is 0. The number of carboxylic acid groups (broad SMARTS) is 1. The van der Waals surface area contributed by atoms with E-state index in [-0.39, 0.29) is 17.3 Å². The zero-order valence-corrected chi connectivity index (χ0v) is 11.2. The van der Waals surface area contributed by atoms with Gasteiger partial charge < -0.3 is 14.6 Å². The summed E-state index contributed by atoms with van der Waals surface area (Å²) < 4.78 is 5.19. The molecule has 0 amide bonds. The topological polar surface area (TPSA) is 105 Å². The molecule has 106 valence electrons. The zero-order chi connectivity index (χ0) is 14.1. The lowest BCUT2D eigenvalue weighted by atomic mass is 10.0. The van der Waals surface area contributed by atoms with E-state index in [1.807, 2.05) is 0 Å². The van der Waals surface area contributed by atoms with E-state index in [0.29, 0.717) is 11.7 Å². The molecule has 1 fully saturated rings. The molecule has 2 aromatic heterocycles. The van der Waals surface area contributed by atoms with Crippen LogP contribution >= 0.6 is 0 Å². The minimum absolute atomic E-state index is 0.0990. The van der Waals surface area contributed by atoms with E-state index < -0.39 is 5.97 Å². The van der Waals surface area contributed by atoms with Crippen molar-refractivity contribution >= 4 is 5.97 Å². The first-order chi connectivity index (χ1) is 9.69. The van der Waals surface area contributed by atoms with E-state index in [9.17, 15) is 4.79 Å². The van der Waals surface area contributed by atoms with Crippen molar-refractivity contribution in [1.82, 2.24) is 20.1 Å². The highest BCUT2D eigenvalue weighted by Crippen LogP contribution is 2.38. The summed E-state index contributed by atoms with van der Waals surface area (Å²) >= 11 is 0. The largest absolute Gasteiger partial charge is 0.476 e. The molecule has 1 saturated carbocycles. The van der Waals surface area contributed by atoms with Gasteiger partial charge in [-0.1, -0.05) is 18.5 Å². The van der Waals surface area contributed by atoms with Gasteiger partial charge >= 0.3 is 5.97 Å². The van der Waals surface area contributed by atoms with Crippen LogP contribution in [0.15, 0.2) is 10.9 Å². The molecule has 1 aliphatic rings. The van der Waals surface area contributed by atoms with Crippen molar-refractivity contribution in [3.05, 3.63) is 17.8 Å². The molecule has 7 heteroatoms. The van der Waals surface area contributed by atoms with Gasteiger partial charge in [0.05, 0.1) is 6.33 Å². The number of aromatic amines is 1. The molecular formula is C13H16N4O3. The van der Waals surface area contributed by atoms with Crippen LogP contribution < -0.4 is 0 Å². The fourth-order valence-corrected chi connectivity index (χ4v) is 2.80. The van der Waals surface area contributed by atoms with Crippen molar-refractivity contribution in [2.24, 2.45) is 5.92 Å². The van der Waals surface area contributed by atoms with Gasteiger partial charge in [0.15, 0.2) is 11.5 Å². The number of H-pyrrole nitrogens is 1. The average Bonchev–Trinajstić information content (AvgIpc) is 3.17. The lowest BCUT2D eigenvalue weighted by molar-refractivity contribution is 0.0691. The van der Waals surface area contributed by atoms with Crippen molar-refractivity contribution in [1.29, 1.82) is 0 Å². The molecule has 2 atom stereocenters. The molecule has 0 bridgehead atoms. The van der Waals surface area contributed by atoms with Crippen molar-refractivity contribution in [3.8, 4) is 11.6 Å². The number of nitrogens with one attached hydrogen (secondary N) is 1. The number of carboxylic acids is 1. The molecular weight excluding hydrogens is 260 g/mol. The van der Waals surface area contributed by atoms with Gasteiger partial charge in [-0.2, -0.15) is 4.98 Å². The summed E-state index contributed by atoms with van der Waals surface area (Å²) in [5.74, 6) is 0.780. The fourth-order valence-electron chi connectivity index (χ4n) is 2.80. The third kappa shape index (κ3) is 2.19. The Morgan fingerprint density at radius 3 is 3.10 bits per heavy atom. The first kappa shape index (κ1) is 12.8. The van der Waals surface area contributed by atoms with Crippen LogP contribution in [0, 0.1) is 5.92 Å². The molecule has 2 unspecified atom stereocenters. The lowest BCUT2D eigenvalue weighted by Crippen LogP contribution is -2.00. The second kappa shape index (κ2) is 5.07. The summed E-state index contributed by atoms with van der Waals surface area (Å²) in [6.07, 6.45) is 5.81. The maximum absolute atomic E-state index is 11.0. The molecule has 0 aliphatic heterocycles. The van der Waals surface area contributed by atoms with E-state index in [0.717, 1.165) is 18.8 Å². The van der Waals surface area contributed by atoms with Crippen molar-refractivity contribution in [3.63, 3.8) is 0 Å². The summed E-state index contributed by atoms with van der Waals surface area (Å²) in [5.41, 5.74) is 0.166. The van der Waals surface area contributed by atoms with Crippen molar-refractivity contribution in [2.45, 2.75) is 38.5 Å². The SMILES string of the molecule is CCC1CCC(c2noc(-c3[nH]cnc3C(=O)O)n2)C1. The van der Waals surface area contributed by atoms with E-state index >= 15 is 0 Å². The van der Waals surface area contributed by atoms with Crippen LogP contribution in [0.2, 0.25) is 0 Å². The summed E-state index contributed by atoms with van der Waals surface area (Å²) in [7, 11) is 0. The maximum atomic E-state index is 11.0. The quantitative estimate of drug-likeness (QED) is 0.888. The fraction of sp³-hybridized carbons (Fsp3) is 0.538. The minimum atomic E-state index is -1.12. The van der Waals surface area contributed by atoms with Gasteiger partial charge in [0.25, 0.3) is 5.89 Å². The average molecular weight is 276 g/mol. The highest BCUT2D eigenvalue weighted by molar-refractivity contribution is 5.91. The van der Waals surface area contributed by atoms with E-state index in [4.69, 9.17) is 9.63 Å². The van der Waals surface area contributed by atoms with Crippen LogP contribution in [-0.4, -0.2) is 31.2 Å². The lowest BCUT2D eigenvalue weighted by Gasteiger charge is -2.04. The van der Waals surface area contributed by atoms with Crippen LogP contribution in [0.4, 0.5) is 0 Å². The first-order valence-corrected chi connectivity index (χ1v) is 6.79. The third-order valence-electron chi connectivity index (χ3n) is 3.98. The molecule has 20 heavy (non-hydrogen) atoms. The Morgan fingerprint density at radius 2 is 2.40 bits per heavy atom. The van der Waals surface area contributed by atoms with Crippen LogP contribution in [0.25, 0.3) is 11.6 Å². The van der Waals surface area contributed by atoms with Gasteiger partial charge in [-0.3, -0.25) is 0 Å². The smallest absolute Gasteiger partial charge is 0.356 e. The standard InChI is InChI=1S/C13H16N4O3/c1-2-7-3-4-8(5-7)11-16-12(20-17-11)9-10(13(18)19)15-6-14-9/h6-8H,2-5H2,1H3,(H,14,15)(H,18,19). The van der Waals surface area contributed by atoms with Crippen LogP contribution in [-0.2, 0) is 0 Å². The Balaban J connectivity index is 1.84. The predicted molar refractivity (Wildman–Crippen MR) is 69.2 cm³/mol. The number of rotatable bonds is 4. The van der Waals surface area contributed by atoms with Gasteiger partial charge in [-0.05, 0) is 25.2 Å². The number of imidazole rings is 1. The first-order valence-electron chi connectivity index (χ1n) is 6.79. The Kier molecular flexibility index (Phi) is 3.25. The molecule has 7 nitrogen and oxygen atoms in total. The normalized spacial score (nSPS) is 22.2. The number of hydrogen-bond acceptors (Lipinski definition) is 5. The minimum Gasteiger partial charge on any atom is -0.476 e. The maximum Gasteiger partial charge on any atom is 0.356 e. The Bertz CT molecular complexity index is 619. The number of hydrogen-bond donors (Lipinski definition) is 2. The summed E-state index contributed by atoms with van der Waals surface area (Å²) in [5, 5.41) is 13.0. The molecule has 2 aromatic rings. The van der Waals surface area contributed by atoms with Crippen LogP contribution in [0.5, 0.6) is 0 Å². The van der Waals surface area contributed by atoms with E-state index in [1.54, 1.807) is 0 Å². The second-order valence-electron chi connectivity index (χ2n) is 5.17. The molecule has 1 aliphatic carbocycles. The summed E-state index contributed by atoms with van der Waals surface area (Å²) in [6.45, 7) is 2.19. The number of nitrogens with zero attached hydrogens (tertiary/aromatic N) is 3. The van der Waals surface area contributed by atoms with Crippen LogP contribution in [0.1, 0.15) is 54.8 Å². The Hall–Kier alpha value is -2.18. The number of aromatic carboxylic acids is 1. The van der Waals surface area contributed by atoms with Gasteiger partial charge in [0, 0.05) is 5.92 Å². The zero-order valence-electron chi connectivity index (χ0n) is 11.2. The molecule has 2 N–H and O–H groups in total. The van der Waals surface area contributed by atoms with Crippen molar-refractivity contribution < 1.29 is 14.4 Å². The second-order valence-corrected chi connectivity index (χ2v) is 5.17. The number of aromatic nitrogens is 4. The monoisotopic (exact) mass is 276 g/mol. The van der Waals surface area contributed by atoms with Gasteiger partial charge in [0.1, 0.15) is 5.69 Å². The molecule has 0 saturated heterocycles. The van der Waals surface area contributed by atoms with Gasteiger partial charge in [-0.25, -0.2) is 9.78 Å². The Morgan fingerprint density at radius 1 is 1.55 bits per heavy atom. The molecule has 0 aromatic carbocycles. The Labute approximate surface area is 115 Å². The number of carbonyl (C=O) groups is 1. The third-order valence-corrected chi connectivity index (χ3v) is 3.98. The highest BCUT2D eigenvalue weighted by atomic mass is 16.5.